The van der Waals surface area contributed by atoms with Crippen molar-refractivity contribution < 1.29 is 4.79 Å². The highest BCUT2D eigenvalue weighted by Gasteiger charge is 2.18. The highest BCUT2D eigenvalue weighted by molar-refractivity contribution is 5.95. The molecule has 7 heteroatoms. The number of aromatic nitrogens is 1. The molecule has 7 nitrogen and oxygen atoms in total. The lowest BCUT2D eigenvalue weighted by molar-refractivity contribution is 0.0963. The Bertz CT molecular complexity index is 900. The zero-order chi connectivity index (χ0) is 16.3. The molecule has 0 fully saturated rings. The number of pyridine rings is 1. The summed E-state index contributed by atoms with van der Waals surface area (Å²) in [5.41, 5.74) is 5.60. The van der Waals surface area contributed by atoms with Crippen molar-refractivity contribution in [3.05, 3.63) is 51.3 Å². The van der Waals surface area contributed by atoms with Gasteiger partial charge in [0.05, 0.1) is 0 Å². The maximum absolute atomic E-state index is 11.9. The number of aromatic amines is 1. The van der Waals surface area contributed by atoms with Crippen LogP contribution in [0.15, 0.2) is 29.1 Å². The molecule has 0 unspecified atom stereocenters. The lowest BCUT2D eigenvalue weighted by Crippen LogP contribution is -2.18. The van der Waals surface area contributed by atoms with Crippen LogP contribution < -0.4 is 16.6 Å². The van der Waals surface area contributed by atoms with Gasteiger partial charge in [-0.05, 0) is 17.7 Å². The van der Waals surface area contributed by atoms with Crippen LogP contribution >= 0.6 is 0 Å². The third-order valence-electron chi connectivity index (χ3n) is 3.11. The second-order valence-corrected chi connectivity index (χ2v) is 4.38. The molecule has 0 radical (unpaired) electrons. The average molecular weight is 293 g/mol. The molecule has 22 heavy (non-hydrogen) atoms. The molecular formula is C15H11N5O2. The van der Waals surface area contributed by atoms with Crippen molar-refractivity contribution in [1.82, 2.24) is 10.3 Å². The normalized spacial score (nSPS) is 9.59. The lowest BCUT2D eigenvalue weighted by atomic mass is 9.95. The molecule has 1 heterocycles. The number of amides is 1. The van der Waals surface area contributed by atoms with Crippen molar-refractivity contribution in [3.8, 4) is 23.3 Å². The Kier molecular flexibility index (Phi) is 3.92. The van der Waals surface area contributed by atoms with Gasteiger partial charge in [0.15, 0.2) is 0 Å². The third kappa shape index (κ3) is 2.39. The second-order valence-electron chi connectivity index (χ2n) is 4.38. The number of carbonyl (C=O) groups is 1. The van der Waals surface area contributed by atoms with Crippen LogP contribution in [0, 0.1) is 22.7 Å². The minimum Gasteiger partial charge on any atom is -0.384 e. The molecule has 0 saturated heterocycles. The Hall–Kier alpha value is -3.58. The maximum atomic E-state index is 11.9. The van der Waals surface area contributed by atoms with Crippen molar-refractivity contribution in [1.29, 1.82) is 10.5 Å². The number of nitriles is 2. The molecule has 1 aromatic heterocycles. The van der Waals surface area contributed by atoms with E-state index in [0.29, 0.717) is 11.1 Å². The first-order valence-corrected chi connectivity index (χ1v) is 6.22. The summed E-state index contributed by atoms with van der Waals surface area (Å²) in [7, 11) is 1.49. The smallest absolute Gasteiger partial charge is 0.268 e. The van der Waals surface area contributed by atoms with E-state index < -0.39 is 5.56 Å². The molecular weight excluding hydrogens is 282 g/mol. The van der Waals surface area contributed by atoms with Crippen LogP contribution in [0.1, 0.15) is 21.5 Å². The molecule has 108 valence electrons. The molecule has 0 aliphatic heterocycles. The van der Waals surface area contributed by atoms with E-state index >= 15 is 0 Å². The Morgan fingerprint density at radius 3 is 2.55 bits per heavy atom. The monoisotopic (exact) mass is 293 g/mol. The number of rotatable bonds is 2. The van der Waals surface area contributed by atoms with Crippen LogP contribution in [0.2, 0.25) is 0 Å². The summed E-state index contributed by atoms with van der Waals surface area (Å²) in [6.45, 7) is 0. The van der Waals surface area contributed by atoms with Crippen molar-refractivity contribution in [3.63, 3.8) is 0 Å². The topological polar surface area (TPSA) is 136 Å². The first-order valence-electron chi connectivity index (χ1n) is 6.22. The maximum Gasteiger partial charge on any atom is 0.268 e. The van der Waals surface area contributed by atoms with Gasteiger partial charge in [0, 0.05) is 18.2 Å². The Morgan fingerprint density at radius 2 is 1.95 bits per heavy atom. The molecule has 4 N–H and O–H groups in total. The third-order valence-corrected chi connectivity index (χ3v) is 3.11. The van der Waals surface area contributed by atoms with Crippen LogP contribution in [0.25, 0.3) is 11.1 Å². The SMILES string of the molecule is CNC(=O)c1cccc(-c2c(C#N)c(N)[nH]c(=O)c2C#N)c1. The van der Waals surface area contributed by atoms with Gasteiger partial charge >= 0.3 is 0 Å². The highest BCUT2D eigenvalue weighted by atomic mass is 16.1. The van der Waals surface area contributed by atoms with Crippen LogP contribution in [0.3, 0.4) is 0 Å². The first kappa shape index (κ1) is 14.8. The van der Waals surface area contributed by atoms with Crippen LogP contribution in [0.5, 0.6) is 0 Å². The van der Waals surface area contributed by atoms with E-state index in [4.69, 9.17) is 5.73 Å². The number of H-pyrrole nitrogens is 1. The van der Waals surface area contributed by atoms with E-state index in [-0.39, 0.29) is 28.4 Å². The summed E-state index contributed by atoms with van der Waals surface area (Å²) in [6.07, 6.45) is 0. The van der Waals surface area contributed by atoms with Crippen LogP contribution in [0.4, 0.5) is 5.82 Å². The summed E-state index contributed by atoms with van der Waals surface area (Å²) in [5.74, 6) is -0.441. The zero-order valence-electron chi connectivity index (χ0n) is 11.6. The fourth-order valence-electron chi connectivity index (χ4n) is 2.09. The molecule has 0 spiro atoms. The van der Waals surface area contributed by atoms with Crippen LogP contribution in [-0.4, -0.2) is 17.9 Å². The number of nitrogens with two attached hydrogens (primary N) is 1. The highest BCUT2D eigenvalue weighted by Crippen LogP contribution is 2.28. The fourth-order valence-corrected chi connectivity index (χ4v) is 2.09. The molecule has 1 aromatic carbocycles. The van der Waals surface area contributed by atoms with E-state index in [9.17, 15) is 20.1 Å². The zero-order valence-corrected chi connectivity index (χ0v) is 11.6. The number of nitrogens with one attached hydrogen (secondary N) is 2. The minimum absolute atomic E-state index is 0.00907. The predicted molar refractivity (Wildman–Crippen MR) is 79.7 cm³/mol. The number of nitrogen functional groups attached to an aromatic ring is 1. The number of hydrogen-bond donors (Lipinski definition) is 3. The van der Waals surface area contributed by atoms with Gasteiger partial charge in [0.2, 0.25) is 0 Å². The van der Waals surface area contributed by atoms with Gasteiger partial charge in [-0.25, -0.2) is 0 Å². The number of hydrogen-bond acceptors (Lipinski definition) is 5. The summed E-state index contributed by atoms with van der Waals surface area (Å²) < 4.78 is 0. The molecule has 0 saturated carbocycles. The van der Waals surface area contributed by atoms with Crippen molar-refractivity contribution in [2.45, 2.75) is 0 Å². The fraction of sp³-hybridized carbons (Fsp3) is 0.0667. The number of carbonyl (C=O) groups excluding carboxylic acids is 1. The molecule has 2 aromatic rings. The van der Waals surface area contributed by atoms with Gasteiger partial charge in [-0.15, -0.1) is 0 Å². The second kappa shape index (κ2) is 5.81. The summed E-state index contributed by atoms with van der Waals surface area (Å²) in [5, 5.41) is 20.9. The Labute approximate surface area is 125 Å². The van der Waals surface area contributed by atoms with E-state index in [1.165, 1.54) is 13.1 Å². The molecule has 0 aliphatic carbocycles. The van der Waals surface area contributed by atoms with Gasteiger partial charge < -0.3 is 16.0 Å². The van der Waals surface area contributed by atoms with Gasteiger partial charge in [-0.3, -0.25) is 9.59 Å². The Balaban J connectivity index is 2.84. The summed E-state index contributed by atoms with van der Waals surface area (Å²) in [6, 6.07) is 9.93. The van der Waals surface area contributed by atoms with E-state index in [1.807, 2.05) is 6.07 Å². The Morgan fingerprint density at radius 1 is 1.27 bits per heavy atom. The molecule has 2 rings (SSSR count). The first-order chi connectivity index (χ1) is 10.5. The summed E-state index contributed by atoms with van der Waals surface area (Å²) in [4.78, 5) is 25.8. The van der Waals surface area contributed by atoms with Crippen LogP contribution in [-0.2, 0) is 0 Å². The van der Waals surface area contributed by atoms with Crippen molar-refractivity contribution >= 4 is 11.7 Å². The summed E-state index contributed by atoms with van der Waals surface area (Å²) >= 11 is 0. The van der Waals surface area contributed by atoms with Crippen molar-refractivity contribution in [2.75, 3.05) is 12.8 Å². The van der Waals surface area contributed by atoms with Gasteiger partial charge in [-0.2, -0.15) is 10.5 Å². The predicted octanol–water partition coefficient (Wildman–Crippen LogP) is 0.727. The molecule has 0 aliphatic rings. The van der Waals surface area contributed by atoms with Gasteiger partial charge in [0.25, 0.3) is 11.5 Å². The largest absolute Gasteiger partial charge is 0.384 e. The van der Waals surface area contributed by atoms with Gasteiger partial charge in [-0.1, -0.05) is 12.1 Å². The lowest BCUT2D eigenvalue weighted by Gasteiger charge is -2.10. The van der Waals surface area contributed by atoms with E-state index in [1.54, 1.807) is 24.3 Å². The molecule has 0 bridgehead atoms. The molecule has 0 atom stereocenters. The van der Waals surface area contributed by atoms with E-state index in [2.05, 4.69) is 10.3 Å². The van der Waals surface area contributed by atoms with Crippen molar-refractivity contribution in [2.24, 2.45) is 0 Å². The standard InChI is InChI=1S/C15H11N5O2/c1-19-14(21)9-4-2-3-8(5-9)12-10(6-16)13(18)20-15(22)11(12)7-17/h2-5H,1H3,(H,19,21)(H3,18,20,22). The minimum atomic E-state index is -0.681. The average Bonchev–Trinajstić information content (AvgIpc) is 2.53. The quantitative estimate of drug-likeness (QED) is 0.749. The number of nitrogens with zero attached hydrogens (tertiary/aromatic N) is 2. The number of benzene rings is 1. The van der Waals surface area contributed by atoms with E-state index in [0.717, 1.165) is 0 Å². The van der Waals surface area contributed by atoms with Gasteiger partial charge in [0.1, 0.15) is 29.1 Å². The number of anilines is 1. The molecule has 1 amide bonds.